The number of likely N-dealkylation sites (tertiary alicyclic amines) is 1. The van der Waals surface area contributed by atoms with Crippen LogP contribution in [0.15, 0.2) is 41.0 Å². The molecule has 1 aliphatic heterocycles. The molecule has 2 atom stereocenters. The molecule has 29 heavy (non-hydrogen) atoms. The van der Waals surface area contributed by atoms with E-state index in [4.69, 9.17) is 32.4 Å². The van der Waals surface area contributed by atoms with E-state index >= 15 is 0 Å². The van der Waals surface area contributed by atoms with Crippen LogP contribution in [0, 0.1) is 5.92 Å². The molecule has 0 spiro atoms. The van der Waals surface area contributed by atoms with Gasteiger partial charge in [0, 0.05) is 18.0 Å². The van der Waals surface area contributed by atoms with Gasteiger partial charge in [-0.15, -0.1) is 0 Å². The van der Waals surface area contributed by atoms with Crippen molar-refractivity contribution in [3.05, 3.63) is 52.4 Å². The van der Waals surface area contributed by atoms with Crippen molar-refractivity contribution in [1.29, 1.82) is 0 Å². The molecule has 154 valence electrons. The van der Waals surface area contributed by atoms with E-state index in [1.54, 1.807) is 29.2 Å². The fourth-order valence-corrected chi connectivity index (χ4v) is 3.29. The number of furan rings is 1. The molecular formula is C19H19Cl2N3O5. The minimum atomic E-state index is -0.922. The Hall–Kier alpha value is -2.71. The van der Waals surface area contributed by atoms with Gasteiger partial charge in [-0.25, -0.2) is 0 Å². The lowest BCUT2D eigenvalue weighted by atomic mass is 10.1. The van der Waals surface area contributed by atoms with Crippen LogP contribution in [-0.4, -0.2) is 35.3 Å². The van der Waals surface area contributed by atoms with Crippen molar-refractivity contribution in [2.45, 2.75) is 26.0 Å². The zero-order valence-corrected chi connectivity index (χ0v) is 17.0. The third kappa shape index (κ3) is 5.42. The molecule has 0 bridgehead atoms. The van der Waals surface area contributed by atoms with Crippen LogP contribution < -0.4 is 15.6 Å². The second kappa shape index (κ2) is 9.19. The number of carbonyl (C=O) groups excluding carboxylic acids is 3. The van der Waals surface area contributed by atoms with Crippen molar-refractivity contribution in [1.82, 2.24) is 15.8 Å². The molecule has 1 fully saturated rings. The monoisotopic (exact) mass is 439 g/mol. The first-order chi connectivity index (χ1) is 13.8. The predicted molar refractivity (Wildman–Crippen MR) is 105 cm³/mol. The second-order valence-corrected chi connectivity index (χ2v) is 7.41. The summed E-state index contributed by atoms with van der Waals surface area (Å²) < 4.78 is 10.7. The minimum Gasteiger partial charge on any atom is -0.479 e. The Morgan fingerprint density at radius 3 is 2.79 bits per heavy atom. The molecule has 2 unspecified atom stereocenters. The van der Waals surface area contributed by atoms with Gasteiger partial charge in [-0.3, -0.25) is 25.2 Å². The smallest absolute Gasteiger partial charge is 0.279 e. The zero-order valence-electron chi connectivity index (χ0n) is 15.5. The van der Waals surface area contributed by atoms with Crippen molar-refractivity contribution < 1.29 is 23.5 Å². The maximum atomic E-state index is 12.3. The van der Waals surface area contributed by atoms with E-state index in [0.717, 1.165) is 0 Å². The number of nitrogens with one attached hydrogen (secondary N) is 2. The molecular weight excluding hydrogens is 421 g/mol. The number of amides is 3. The van der Waals surface area contributed by atoms with Crippen LogP contribution in [0.1, 0.15) is 19.1 Å². The van der Waals surface area contributed by atoms with Crippen LogP contribution in [0.25, 0.3) is 0 Å². The Bertz CT molecular complexity index is 903. The van der Waals surface area contributed by atoms with E-state index in [0.29, 0.717) is 23.1 Å². The SMILES string of the molecule is CC(Oc1ccc(Cl)cc1Cl)C(=O)NNC(=O)C1CC(=O)N(Cc2ccco2)C1. The lowest BCUT2D eigenvalue weighted by Crippen LogP contribution is -2.49. The van der Waals surface area contributed by atoms with Gasteiger partial charge in [0.2, 0.25) is 11.8 Å². The van der Waals surface area contributed by atoms with Crippen molar-refractivity contribution in [3.63, 3.8) is 0 Å². The number of benzene rings is 1. The van der Waals surface area contributed by atoms with Gasteiger partial charge in [0.25, 0.3) is 5.91 Å². The van der Waals surface area contributed by atoms with Crippen molar-refractivity contribution in [3.8, 4) is 5.75 Å². The summed E-state index contributed by atoms with van der Waals surface area (Å²) in [5, 5.41) is 0.709. The van der Waals surface area contributed by atoms with Crippen LogP contribution in [0.5, 0.6) is 5.75 Å². The molecule has 1 saturated heterocycles. The maximum Gasteiger partial charge on any atom is 0.279 e. The van der Waals surface area contributed by atoms with E-state index < -0.39 is 23.8 Å². The molecule has 0 radical (unpaired) electrons. The Balaban J connectivity index is 1.47. The first kappa shape index (κ1) is 21.0. The number of halogens is 2. The highest BCUT2D eigenvalue weighted by Gasteiger charge is 2.35. The molecule has 8 nitrogen and oxygen atoms in total. The average molecular weight is 440 g/mol. The quantitative estimate of drug-likeness (QED) is 0.673. The molecule has 3 rings (SSSR count). The third-order valence-electron chi connectivity index (χ3n) is 4.39. The number of ether oxygens (including phenoxy) is 1. The molecule has 2 aromatic rings. The summed E-state index contributed by atoms with van der Waals surface area (Å²) in [7, 11) is 0. The minimum absolute atomic E-state index is 0.0643. The number of rotatable bonds is 6. The summed E-state index contributed by atoms with van der Waals surface area (Å²) in [6.45, 7) is 2.05. The molecule has 1 aromatic carbocycles. The van der Waals surface area contributed by atoms with Crippen molar-refractivity contribution >= 4 is 40.9 Å². The third-order valence-corrected chi connectivity index (χ3v) is 4.92. The summed E-state index contributed by atoms with van der Waals surface area (Å²) >= 11 is 11.8. The summed E-state index contributed by atoms with van der Waals surface area (Å²) in [4.78, 5) is 38.1. The van der Waals surface area contributed by atoms with Gasteiger partial charge in [-0.2, -0.15) is 0 Å². The standard InChI is InChI=1S/C19H19Cl2N3O5/c1-11(29-16-5-4-13(20)8-15(16)21)18(26)22-23-19(27)12-7-17(25)24(9-12)10-14-3-2-6-28-14/h2-6,8,11-12H,7,9-10H2,1H3,(H,22,26)(H,23,27). The number of hydrogen-bond donors (Lipinski definition) is 2. The first-order valence-electron chi connectivity index (χ1n) is 8.85. The summed E-state index contributed by atoms with van der Waals surface area (Å²) in [6, 6.07) is 8.12. The number of nitrogens with zero attached hydrogens (tertiary/aromatic N) is 1. The van der Waals surface area contributed by atoms with Crippen molar-refractivity contribution in [2.24, 2.45) is 5.92 Å². The molecule has 3 amide bonds. The van der Waals surface area contributed by atoms with E-state index in [9.17, 15) is 14.4 Å². The van der Waals surface area contributed by atoms with Crippen LogP contribution in [0.4, 0.5) is 0 Å². The maximum absolute atomic E-state index is 12.3. The second-order valence-electron chi connectivity index (χ2n) is 6.57. The summed E-state index contributed by atoms with van der Waals surface area (Å²) in [6.07, 6.45) is 0.667. The van der Waals surface area contributed by atoms with Crippen LogP contribution in [0.2, 0.25) is 10.0 Å². The van der Waals surface area contributed by atoms with E-state index in [1.807, 2.05) is 0 Å². The van der Waals surface area contributed by atoms with E-state index in [-0.39, 0.29) is 23.9 Å². The molecule has 0 saturated carbocycles. The number of hydrazine groups is 1. The Labute approximate surface area is 177 Å². The zero-order chi connectivity index (χ0) is 21.0. The Morgan fingerprint density at radius 2 is 2.10 bits per heavy atom. The fraction of sp³-hybridized carbons (Fsp3) is 0.316. The fourth-order valence-electron chi connectivity index (χ4n) is 2.83. The molecule has 2 N–H and O–H groups in total. The van der Waals surface area contributed by atoms with Gasteiger partial charge in [-0.05, 0) is 37.3 Å². The van der Waals surface area contributed by atoms with Gasteiger partial charge < -0.3 is 14.1 Å². The highest BCUT2D eigenvalue weighted by Crippen LogP contribution is 2.28. The predicted octanol–water partition coefficient (Wildman–Crippen LogP) is 2.55. The van der Waals surface area contributed by atoms with E-state index in [2.05, 4.69) is 10.9 Å². The van der Waals surface area contributed by atoms with Gasteiger partial charge >= 0.3 is 0 Å². The van der Waals surface area contributed by atoms with Gasteiger partial charge in [0.15, 0.2) is 6.10 Å². The van der Waals surface area contributed by atoms with Gasteiger partial charge in [0.05, 0.1) is 23.7 Å². The normalized spacial score (nSPS) is 17.1. The van der Waals surface area contributed by atoms with Crippen LogP contribution >= 0.6 is 23.2 Å². The lowest BCUT2D eigenvalue weighted by Gasteiger charge is -2.17. The van der Waals surface area contributed by atoms with Crippen molar-refractivity contribution in [2.75, 3.05) is 6.54 Å². The van der Waals surface area contributed by atoms with Gasteiger partial charge in [0.1, 0.15) is 11.5 Å². The van der Waals surface area contributed by atoms with Crippen LogP contribution in [0.3, 0.4) is 0 Å². The Kier molecular flexibility index (Phi) is 6.66. The highest BCUT2D eigenvalue weighted by molar-refractivity contribution is 6.35. The molecule has 1 aliphatic rings. The highest BCUT2D eigenvalue weighted by atomic mass is 35.5. The molecule has 10 heteroatoms. The summed E-state index contributed by atoms with van der Waals surface area (Å²) in [5.41, 5.74) is 4.64. The average Bonchev–Trinajstić information content (AvgIpc) is 3.32. The lowest BCUT2D eigenvalue weighted by molar-refractivity contribution is -0.134. The van der Waals surface area contributed by atoms with E-state index in [1.165, 1.54) is 19.3 Å². The van der Waals surface area contributed by atoms with Gasteiger partial charge in [-0.1, -0.05) is 23.2 Å². The molecule has 2 heterocycles. The first-order valence-corrected chi connectivity index (χ1v) is 9.60. The molecule has 0 aliphatic carbocycles. The topological polar surface area (TPSA) is 101 Å². The molecule has 1 aromatic heterocycles. The largest absolute Gasteiger partial charge is 0.479 e. The number of carbonyl (C=O) groups is 3. The van der Waals surface area contributed by atoms with Crippen LogP contribution in [-0.2, 0) is 20.9 Å². The Morgan fingerprint density at radius 1 is 1.31 bits per heavy atom. The summed E-state index contributed by atoms with van der Waals surface area (Å²) in [5.74, 6) is -0.812. The number of hydrogen-bond acceptors (Lipinski definition) is 5.